The van der Waals surface area contributed by atoms with E-state index in [0.29, 0.717) is 13.0 Å². The topological polar surface area (TPSA) is 66.8 Å². The number of aromatic carboxylic acids is 1. The third-order valence-electron chi connectivity index (χ3n) is 3.13. The minimum absolute atomic E-state index is 0.0113. The third kappa shape index (κ3) is 4.75. The number of aliphatic hydroxyl groups is 1. The van der Waals surface area contributed by atoms with Crippen molar-refractivity contribution in [1.29, 1.82) is 0 Å². The molecule has 0 radical (unpaired) electrons. The Labute approximate surface area is 129 Å². The molecule has 0 unspecified atom stereocenters. The average molecular weight is 298 g/mol. The van der Waals surface area contributed by atoms with Gasteiger partial charge in [0.1, 0.15) is 5.75 Å². The number of carbonyl (C=O) groups is 1. The molecule has 0 fully saturated rings. The van der Waals surface area contributed by atoms with E-state index in [4.69, 9.17) is 14.9 Å². The van der Waals surface area contributed by atoms with Crippen molar-refractivity contribution in [2.24, 2.45) is 0 Å². The molecule has 0 atom stereocenters. The number of carboxylic acid groups (broad SMARTS) is 1. The zero-order valence-electron chi connectivity index (χ0n) is 12.1. The summed E-state index contributed by atoms with van der Waals surface area (Å²) in [5.41, 5.74) is 2.28. The van der Waals surface area contributed by atoms with Crippen LogP contribution in [0.4, 0.5) is 0 Å². The van der Waals surface area contributed by atoms with E-state index < -0.39 is 5.97 Å². The molecule has 0 amide bonds. The molecule has 4 nitrogen and oxygen atoms in total. The third-order valence-corrected chi connectivity index (χ3v) is 3.13. The predicted molar refractivity (Wildman–Crippen MR) is 85.2 cm³/mol. The lowest BCUT2D eigenvalue weighted by Gasteiger charge is -2.07. The zero-order valence-corrected chi connectivity index (χ0v) is 12.1. The number of benzene rings is 2. The highest BCUT2D eigenvalue weighted by atomic mass is 16.5. The Hall–Kier alpha value is -2.59. The number of hydrogen-bond acceptors (Lipinski definition) is 3. The van der Waals surface area contributed by atoms with E-state index in [2.05, 4.69) is 0 Å². The van der Waals surface area contributed by atoms with E-state index in [1.54, 1.807) is 30.3 Å². The van der Waals surface area contributed by atoms with Crippen LogP contribution in [0.25, 0.3) is 6.08 Å². The highest BCUT2D eigenvalue weighted by Crippen LogP contribution is 2.15. The fourth-order valence-electron chi connectivity index (χ4n) is 2.00. The fraction of sp³-hybridized carbons (Fsp3) is 0.167. The first-order valence-corrected chi connectivity index (χ1v) is 7.01. The van der Waals surface area contributed by atoms with Gasteiger partial charge in [-0.15, -0.1) is 0 Å². The summed E-state index contributed by atoms with van der Waals surface area (Å²) in [7, 11) is 0. The summed E-state index contributed by atoms with van der Waals surface area (Å²) in [6, 6.07) is 14.4. The van der Waals surface area contributed by atoms with Crippen molar-refractivity contribution in [1.82, 2.24) is 0 Å². The molecule has 0 bridgehead atoms. The Kier molecular flexibility index (Phi) is 5.74. The van der Waals surface area contributed by atoms with E-state index in [1.165, 1.54) is 0 Å². The maximum absolute atomic E-state index is 10.8. The van der Waals surface area contributed by atoms with Crippen LogP contribution in [0.2, 0.25) is 0 Å². The molecule has 0 saturated heterocycles. The van der Waals surface area contributed by atoms with Gasteiger partial charge in [-0.25, -0.2) is 4.79 Å². The summed E-state index contributed by atoms with van der Waals surface area (Å²) >= 11 is 0. The maximum Gasteiger partial charge on any atom is 0.335 e. The van der Waals surface area contributed by atoms with Gasteiger partial charge in [0, 0.05) is 6.42 Å². The van der Waals surface area contributed by atoms with Crippen molar-refractivity contribution < 1.29 is 19.7 Å². The molecule has 0 heterocycles. The molecule has 0 saturated carbocycles. The van der Waals surface area contributed by atoms with Gasteiger partial charge in [-0.05, 0) is 35.4 Å². The average Bonchev–Trinajstić information content (AvgIpc) is 2.54. The fourth-order valence-corrected chi connectivity index (χ4v) is 2.00. The van der Waals surface area contributed by atoms with Crippen molar-refractivity contribution in [2.45, 2.75) is 6.42 Å². The van der Waals surface area contributed by atoms with Crippen molar-refractivity contribution in [2.75, 3.05) is 13.2 Å². The second kappa shape index (κ2) is 8.00. The standard InChI is InChI=1S/C18H18O4/c19-11-2-4-15-3-1-5-17(13-15)22-12-10-14-6-8-16(9-7-14)18(20)21/h1-9,13,19H,10-12H2,(H,20,21)/b4-2+. The molecule has 2 N–H and O–H groups in total. The highest BCUT2D eigenvalue weighted by Gasteiger charge is 2.02. The Morgan fingerprint density at radius 2 is 1.91 bits per heavy atom. The van der Waals surface area contributed by atoms with Crippen molar-refractivity contribution in [3.05, 3.63) is 71.3 Å². The number of carboxylic acids is 1. The summed E-state index contributed by atoms with van der Waals surface area (Å²) in [4.78, 5) is 10.8. The number of ether oxygens (including phenoxy) is 1. The van der Waals surface area contributed by atoms with Gasteiger partial charge < -0.3 is 14.9 Å². The Bertz CT molecular complexity index is 644. The molecule has 2 aromatic carbocycles. The van der Waals surface area contributed by atoms with Crippen molar-refractivity contribution in [3.8, 4) is 5.75 Å². The van der Waals surface area contributed by atoms with E-state index >= 15 is 0 Å². The molecule has 4 heteroatoms. The van der Waals surface area contributed by atoms with E-state index in [0.717, 1.165) is 16.9 Å². The summed E-state index contributed by atoms with van der Waals surface area (Å²) in [5.74, 6) is -0.155. The molecule has 0 aromatic heterocycles. The number of rotatable bonds is 7. The van der Waals surface area contributed by atoms with Crippen LogP contribution in [0.5, 0.6) is 5.75 Å². The molecular weight excluding hydrogens is 280 g/mol. The van der Waals surface area contributed by atoms with Crippen LogP contribution < -0.4 is 4.74 Å². The lowest BCUT2D eigenvalue weighted by Crippen LogP contribution is -2.02. The highest BCUT2D eigenvalue weighted by molar-refractivity contribution is 5.87. The molecular formula is C18H18O4. The number of hydrogen-bond donors (Lipinski definition) is 2. The van der Waals surface area contributed by atoms with Crippen LogP contribution >= 0.6 is 0 Å². The van der Waals surface area contributed by atoms with Gasteiger partial charge in [0.15, 0.2) is 0 Å². The lowest BCUT2D eigenvalue weighted by atomic mass is 10.1. The summed E-state index contributed by atoms with van der Waals surface area (Å²) in [6.45, 7) is 0.525. The summed E-state index contributed by atoms with van der Waals surface area (Å²) in [6.07, 6.45) is 4.21. The first-order chi connectivity index (χ1) is 10.7. The van der Waals surface area contributed by atoms with Gasteiger partial charge in [0.2, 0.25) is 0 Å². The maximum atomic E-state index is 10.8. The normalized spacial score (nSPS) is 10.8. The van der Waals surface area contributed by atoms with Crippen LogP contribution in [0.1, 0.15) is 21.5 Å². The van der Waals surface area contributed by atoms with E-state index in [-0.39, 0.29) is 12.2 Å². The van der Waals surface area contributed by atoms with Gasteiger partial charge >= 0.3 is 5.97 Å². The minimum atomic E-state index is -0.921. The predicted octanol–water partition coefficient (Wildman–Crippen LogP) is 3.01. The van der Waals surface area contributed by atoms with Gasteiger partial charge in [-0.3, -0.25) is 0 Å². The molecule has 2 aromatic rings. The van der Waals surface area contributed by atoms with Crippen LogP contribution in [0, 0.1) is 0 Å². The van der Waals surface area contributed by atoms with Crippen LogP contribution in [-0.2, 0) is 6.42 Å². The summed E-state index contributed by atoms with van der Waals surface area (Å²) in [5, 5.41) is 17.6. The molecule has 0 aliphatic rings. The Balaban J connectivity index is 1.88. The first-order valence-electron chi connectivity index (χ1n) is 7.01. The van der Waals surface area contributed by atoms with Crippen LogP contribution in [0.3, 0.4) is 0 Å². The first kappa shape index (κ1) is 15.8. The van der Waals surface area contributed by atoms with Gasteiger partial charge in [-0.1, -0.05) is 36.4 Å². The monoisotopic (exact) mass is 298 g/mol. The Morgan fingerprint density at radius 3 is 2.59 bits per heavy atom. The second-order valence-electron chi connectivity index (χ2n) is 4.76. The van der Waals surface area contributed by atoms with Crippen LogP contribution in [0.15, 0.2) is 54.6 Å². The quantitative estimate of drug-likeness (QED) is 0.824. The van der Waals surface area contributed by atoms with Crippen LogP contribution in [-0.4, -0.2) is 29.4 Å². The van der Waals surface area contributed by atoms with Crippen molar-refractivity contribution >= 4 is 12.0 Å². The molecule has 0 aliphatic carbocycles. The molecule has 2 rings (SSSR count). The second-order valence-corrected chi connectivity index (χ2v) is 4.76. The minimum Gasteiger partial charge on any atom is -0.493 e. The van der Waals surface area contributed by atoms with E-state index in [1.807, 2.05) is 30.3 Å². The molecule has 114 valence electrons. The molecule has 0 spiro atoms. The van der Waals surface area contributed by atoms with E-state index in [9.17, 15) is 4.79 Å². The van der Waals surface area contributed by atoms with Crippen molar-refractivity contribution in [3.63, 3.8) is 0 Å². The number of aliphatic hydroxyl groups excluding tert-OH is 1. The summed E-state index contributed by atoms with van der Waals surface area (Å²) < 4.78 is 5.70. The largest absolute Gasteiger partial charge is 0.493 e. The zero-order chi connectivity index (χ0) is 15.8. The lowest BCUT2D eigenvalue weighted by molar-refractivity contribution is 0.0697. The SMILES string of the molecule is O=C(O)c1ccc(CCOc2cccc(/C=C/CO)c2)cc1. The smallest absolute Gasteiger partial charge is 0.335 e. The molecule has 22 heavy (non-hydrogen) atoms. The Morgan fingerprint density at radius 1 is 1.14 bits per heavy atom. The van der Waals surface area contributed by atoms with Gasteiger partial charge in [0.05, 0.1) is 18.8 Å². The van der Waals surface area contributed by atoms with Gasteiger partial charge in [-0.2, -0.15) is 0 Å². The van der Waals surface area contributed by atoms with Gasteiger partial charge in [0.25, 0.3) is 0 Å². The molecule has 0 aliphatic heterocycles.